The molecule has 0 heterocycles. The third-order valence-electron chi connectivity index (χ3n) is 0.521. The number of rotatable bonds is 2. The first-order valence-electron chi connectivity index (χ1n) is 2.31. The number of carbonyl (C=O) groups excluding carboxylic acids is 1. The molecule has 0 aromatic carbocycles. The molecular formula is C4H9NOSi. The van der Waals surface area contributed by atoms with Crippen LogP contribution in [0.25, 0.3) is 0 Å². The second-order valence-corrected chi connectivity index (χ2v) is 3.80. The highest BCUT2D eigenvalue weighted by Crippen LogP contribution is 1.91. The van der Waals surface area contributed by atoms with E-state index in [9.17, 15) is 4.79 Å². The number of aliphatic imine (C=N–C) groups is 1. The zero-order chi connectivity index (χ0) is 5.70. The maximum absolute atomic E-state index is 9.43. The molecule has 0 N–H and O–H groups in total. The highest BCUT2D eigenvalue weighted by molar-refractivity contribution is 6.11. The Balaban J connectivity index is 3.13. The van der Waals surface area contributed by atoms with Gasteiger partial charge >= 0.3 is 0 Å². The van der Waals surface area contributed by atoms with Gasteiger partial charge in [0.05, 0.1) is 6.54 Å². The zero-order valence-corrected chi connectivity index (χ0v) is 6.64. The number of hydrogen-bond donors (Lipinski definition) is 0. The number of nitrogens with zero attached hydrogens (tertiary/aromatic N) is 1. The lowest BCUT2D eigenvalue weighted by Gasteiger charge is -1.90. The Morgan fingerprint density at radius 2 is 2.57 bits per heavy atom. The van der Waals surface area contributed by atoms with Crippen LogP contribution in [0.15, 0.2) is 4.99 Å². The SMILES string of the molecule is CC([SiH3])CN=C=O. The summed E-state index contributed by atoms with van der Waals surface area (Å²) in [7, 11) is 1.11. The lowest BCUT2D eigenvalue weighted by Crippen LogP contribution is -1.88. The Kier molecular flexibility index (Phi) is 3.56. The van der Waals surface area contributed by atoms with Gasteiger partial charge in [0.15, 0.2) is 0 Å². The van der Waals surface area contributed by atoms with Crippen LogP contribution in [0.4, 0.5) is 0 Å². The molecular weight excluding hydrogens is 106 g/mol. The van der Waals surface area contributed by atoms with E-state index in [-0.39, 0.29) is 0 Å². The average molecular weight is 115 g/mol. The van der Waals surface area contributed by atoms with Crippen molar-refractivity contribution in [2.75, 3.05) is 6.54 Å². The van der Waals surface area contributed by atoms with Gasteiger partial charge in [0.1, 0.15) is 0 Å². The second-order valence-electron chi connectivity index (χ2n) is 1.83. The molecule has 0 aliphatic carbocycles. The van der Waals surface area contributed by atoms with Crippen LogP contribution in [-0.4, -0.2) is 22.9 Å². The van der Waals surface area contributed by atoms with E-state index in [0.29, 0.717) is 12.1 Å². The van der Waals surface area contributed by atoms with Crippen molar-refractivity contribution < 1.29 is 4.79 Å². The molecule has 0 bridgehead atoms. The van der Waals surface area contributed by atoms with Crippen molar-refractivity contribution in [3.63, 3.8) is 0 Å². The first kappa shape index (κ1) is 6.60. The molecule has 2 nitrogen and oxygen atoms in total. The molecule has 0 aromatic rings. The molecule has 0 aliphatic heterocycles. The fourth-order valence-electron chi connectivity index (χ4n) is 0.220. The summed E-state index contributed by atoms with van der Waals surface area (Å²) in [6.07, 6.45) is 1.50. The monoisotopic (exact) mass is 115 g/mol. The van der Waals surface area contributed by atoms with Crippen LogP contribution in [0.2, 0.25) is 5.54 Å². The summed E-state index contributed by atoms with van der Waals surface area (Å²) in [5.74, 6) is 0. The van der Waals surface area contributed by atoms with Crippen molar-refractivity contribution in [3.8, 4) is 0 Å². The zero-order valence-electron chi connectivity index (χ0n) is 4.64. The maximum atomic E-state index is 9.43. The molecule has 0 saturated carbocycles. The first-order valence-corrected chi connectivity index (χ1v) is 3.46. The lowest BCUT2D eigenvalue weighted by molar-refractivity contribution is 0.562. The van der Waals surface area contributed by atoms with Gasteiger partial charge in [-0.3, -0.25) is 0 Å². The van der Waals surface area contributed by atoms with Crippen molar-refractivity contribution in [3.05, 3.63) is 0 Å². The summed E-state index contributed by atoms with van der Waals surface area (Å²) in [6, 6.07) is 0. The Bertz CT molecular complexity index is 85.7. The summed E-state index contributed by atoms with van der Waals surface area (Å²) in [6.45, 7) is 2.72. The maximum Gasteiger partial charge on any atom is 0.234 e. The minimum atomic E-state index is 0.612. The van der Waals surface area contributed by atoms with Gasteiger partial charge in [0.2, 0.25) is 6.08 Å². The molecule has 0 spiro atoms. The van der Waals surface area contributed by atoms with Crippen molar-refractivity contribution >= 4 is 16.3 Å². The van der Waals surface area contributed by atoms with E-state index in [1.165, 1.54) is 6.08 Å². The molecule has 0 saturated heterocycles. The summed E-state index contributed by atoms with van der Waals surface area (Å²) in [5.41, 5.74) is 0.612. The van der Waals surface area contributed by atoms with Crippen LogP contribution >= 0.6 is 0 Å². The predicted octanol–water partition coefficient (Wildman–Crippen LogP) is -0.504. The van der Waals surface area contributed by atoms with Crippen molar-refractivity contribution in [1.82, 2.24) is 0 Å². The van der Waals surface area contributed by atoms with Gasteiger partial charge in [-0.1, -0.05) is 6.92 Å². The van der Waals surface area contributed by atoms with E-state index < -0.39 is 0 Å². The normalized spacial score (nSPS) is 12.7. The van der Waals surface area contributed by atoms with E-state index in [1.54, 1.807) is 0 Å². The molecule has 0 aromatic heterocycles. The van der Waals surface area contributed by atoms with Crippen molar-refractivity contribution in [2.24, 2.45) is 4.99 Å². The molecule has 3 heteroatoms. The van der Waals surface area contributed by atoms with E-state index >= 15 is 0 Å². The third-order valence-corrected chi connectivity index (χ3v) is 0.886. The predicted molar refractivity (Wildman–Crippen MR) is 32.4 cm³/mol. The summed E-state index contributed by atoms with van der Waals surface area (Å²) in [5, 5.41) is 0. The highest BCUT2D eigenvalue weighted by atomic mass is 28.1. The molecule has 1 unspecified atom stereocenters. The number of isocyanates is 1. The van der Waals surface area contributed by atoms with E-state index in [0.717, 1.165) is 10.2 Å². The van der Waals surface area contributed by atoms with Crippen LogP contribution < -0.4 is 0 Å². The minimum Gasteiger partial charge on any atom is -0.211 e. The topological polar surface area (TPSA) is 29.4 Å². The average Bonchev–Trinajstić information content (AvgIpc) is 1.61. The van der Waals surface area contributed by atoms with E-state index in [1.807, 2.05) is 0 Å². The third kappa shape index (κ3) is 5.60. The van der Waals surface area contributed by atoms with Gasteiger partial charge in [-0.05, 0) is 5.54 Å². The summed E-state index contributed by atoms with van der Waals surface area (Å²) in [4.78, 5) is 12.8. The quantitative estimate of drug-likeness (QED) is 0.271. The molecule has 1 atom stereocenters. The van der Waals surface area contributed by atoms with Gasteiger partial charge in [-0.25, -0.2) is 9.79 Å². The lowest BCUT2D eigenvalue weighted by atomic mass is 10.5. The minimum absolute atomic E-state index is 0.612. The Morgan fingerprint density at radius 3 is 2.71 bits per heavy atom. The van der Waals surface area contributed by atoms with Crippen LogP contribution in [0.1, 0.15) is 6.92 Å². The smallest absolute Gasteiger partial charge is 0.211 e. The van der Waals surface area contributed by atoms with Crippen LogP contribution in [0.3, 0.4) is 0 Å². The molecule has 0 amide bonds. The molecule has 0 fully saturated rings. The van der Waals surface area contributed by atoms with Crippen LogP contribution in [-0.2, 0) is 4.79 Å². The largest absolute Gasteiger partial charge is 0.234 e. The molecule has 0 aliphatic rings. The van der Waals surface area contributed by atoms with Crippen molar-refractivity contribution in [2.45, 2.75) is 12.5 Å². The van der Waals surface area contributed by atoms with Gasteiger partial charge < -0.3 is 0 Å². The molecule has 40 valence electrons. The number of hydrogen-bond acceptors (Lipinski definition) is 2. The fourth-order valence-corrected chi connectivity index (χ4v) is 0.402. The summed E-state index contributed by atoms with van der Waals surface area (Å²) >= 11 is 0. The van der Waals surface area contributed by atoms with Gasteiger partial charge in [0, 0.05) is 10.2 Å². The second kappa shape index (κ2) is 3.78. The fraction of sp³-hybridized carbons (Fsp3) is 0.750. The summed E-state index contributed by atoms with van der Waals surface area (Å²) < 4.78 is 0. The van der Waals surface area contributed by atoms with E-state index in [2.05, 4.69) is 11.9 Å². The molecule has 7 heavy (non-hydrogen) atoms. The Hall–Kier alpha value is -0.403. The molecule has 0 rings (SSSR count). The van der Waals surface area contributed by atoms with Gasteiger partial charge in [-0.2, -0.15) is 0 Å². The van der Waals surface area contributed by atoms with E-state index in [4.69, 9.17) is 0 Å². The van der Waals surface area contributed by atoms with Crippen LogP contribution in [0, 0.1) is 0 Å². The standard InChI is InChI=1S/C4H9NOSi/c1-4(7)2-5-3-6/h4H,2H2,1,7H3. The first-order chi connectivity index (χ1) is 3.27. The highest BCUT2D eigenvalue weighted by Gasteiger charge is 1.85. The van der Waals surface area contributed by atoms with Gasteiger partial charge in [0.25, 0.3) is 0 Å². The van der Waals surface area contributed by atoms with Gasteiger partial charge in [-0.15, -0.1) is 0 Å². The Labute approximate surface area is 46.1 Å². The van der Waals surface area contributed by atoms with Crippen LogP contribution in [0.5, 0.6) is 0 Å². The van der Waals surface area contributed by atoms with Crippen molar-refractivity contribution in [1.29, 1.82) is 0 Å². The molecule has 0 radical (unpaired) electrons. The Morgan fingerprint density at radius 1 is 2.00 bits per heavy atom.